The van der Waals surface area contributed by atoms with Gasteiger partial charge in [-0.3, -0.25) is 0 Å². The van der Waals surface area contributed by atoms with Crippen LogP contribution in [0.5, 0.6) is 0 Å². The standard InChI is InChI=1S/C8H11N7/c1-5(8-12-14-15-13-8)11-6-2-3-7(9)10-4-6/h2-5,11H,1H3,(H2,9,10)(H,12,13,14,15). The summed E-state index contributed by atoms with van der Waals surface area (Å²) < 4.78 is 0. The molecule has 7 nitrogen and oxygen atoms in total. The highest BCUT2D eigenvalue weighted by atomic mass is 15.5. The molecule has 0 aromatic carbocycles. The molecule has 1 unspecified atom stereocenters. The van der Waals surface area contributed by atoms with E-state index in [0.29, 0.717) is 11.6 Å². The predicted octanol–water partition coefficient (Wildman–Crippen LogP) is 0.350. The second-order valence-electron chi connectivity index (χ2n) is 3.11. The summed E-state index contributed by atoms with van der Waals surface area (Å²) in [6.45, 7) is 1.93. The lowest BCUT2D eigenvalue weighted by Gasteiger charge is -2.10. The van der Waals surface area contributed by atoms with Crippen molar-refractivity contribution >= 4 is 11.5 Å². The first-order valence-electron chi connectivity index (χ1n) is 4.47. The van der Waals surface area contributed by atoms with Gasteiger partial charge in [0.1, 0.15) is 5.82 Å². The van der Waals surface area contributed by atoms with Crippen LogP contribution in [0, 0.1) is 0 Å². The monoisotopic (exact) mass is 205 g/mol. The number of hydrogen-bond acceptors (Lipinski definition) is 6. The molecule has 0 aliphatic rings. The van der Waals surface area contributed by atoms with Gasteiger partial charge in [-0.1, -0.05) is 5.21 Å². The average molecular weight is 205 g/mol. The molecule has 0 bridgehead atoms. The quantitative estimate of drug-likeness (QED) is 0.667. The summed E-state index contributed by atoms with van der Waals surface area (Å²) in [6.07, 6.45) is 1.66. The zero-order chi connectivity index (χ0) is 10.7. The van der Waals surface area contributed by atoms with E-state index in [2.05, 4.69) is 30.9 Å². The fourth-order valence-corrected chi connectivity index (χ4v) is 1.16. The Morgan fingerprint density at radius 1 is 1.47 bits per heavy atom. The van der Waals surface area contributed by atoms with Crippen molar-refractivity contribution in [3.63, 3.8) is 0 Å². The van der Waals surface area contributed by atoms with Crippen LogP contribution in [0.25, 0.3) is 0 Å². The van der Waals surface area contributed by atoms with E-state index in [9.17, 15) is 0 Å². The number of anilines is 2. The highest BCUT2D eigenvalue weighted by Crippen LogP contribution is 2.14. The second-order valence-corrected chi connectivity index (χ2v) is 3.11. The SMILES string of the molecule is CC(Nc1ccc(N)nc1)c1nn[nH]n1. The Kier molecular flexibility index (Phi) is 2.44. The summed E-state index contributed by atoms with van der Waals surface area (Å²) in [7, 11) is 0. The molecular formula is C8H11N7. The minimum absolute atomic E-state index is 0.0332. The summed E-state index contributed by atoms with van der Waals surface area (Å²) in [4.78, 5) is 3.96. The van der Waals surface area contributed by atoms with Crippen LogP contribution in [-0.2, 0) is 0 Å². The topological polar surface area (TPSA) is 105 Å². The van der Waals surface area contributed by atoms with Gasteiger partial charge in [-0.05, 0) is 19.1 Å². The molecule has 0 saturated carbocycles. The molecule has 78 valence electrons. The summed E-state index contributed by atoms with van der Waals surface area (Å²) in [5.74, 6) is 1.10. The van der Waals surface area contributed by atoms with Gasteiger partial charge < -0.3 is 11.1 Å². The van der Waals surface area contributed by atoms with Crippen LogP contribution in [0.15, 0.2) is 18.3 Å². The average Bonchev–Trinajstić information content (AvgIpc) is 2.74. The second kappa shape index (κ2) is 3.91. The lowest BCUT2D eigenvalue weighted by atomic mass is 10.3. The summed E-state index contributed by atoms with van der Waals surface area (Å²) in [6, 6.07) is 3.54. The number of aromatic amines is 1. The maximum absolute atomic E-state index is 5.47. The normalized spacial score (nSPS) is 12.3. The van der Waals surface area contributed by atoms with Gasteiger partial charge in [0, 0.05) is 0 Å². The smallest absolute Gasteiger partial charge is 0.196 e. The summed E-state index contributed by atoms with van der Waals surface area (Å²) in [5, 5.41) is 16.8. The Labute approximate surface area is 86.1 Å². The highest BCUT2D eigenvalue weighted by molar-refractivity contribution is 5.46. The van der Waals surface area contributed by atoms with Crippen molar-refractivity contribution in [2.24, 2.45) is 0 Å². The number of H-pyrrole nitrogens is 1. The molecule has 0 aliphatic heterocycles. The minimum Gasteiger partial charge on any atom is -0.384 e. The molecule has 0 amide bonds. The molecule has 0 fully saturated rings. The van der Waals surface area contributed by atoms with E-state index in [1.165, 1.54) is 0 Å². The molecule has 0 aliphatic carbocycles. The van der Waals surface area contributed by atoms with Gasteiger partial charge in [0.25, 0.3) is 0 Å². The van der Waals surface area contributed by atoms with Gasteiger partial charge in [-0.15, -0.1) is 10.2 Å². The van der Waals surface area contributed by atoms with Gasteiger partial charge in [-0.2, -0.15) is 5.21 Å². The predicted molar refractivity (Wildman–Crippen MR) is 54.9 cm³/mol. The molecule has 0 saturated heterocycles. The van der Waals surface area contributed by atoms with E-state index >= 15 is 0 Å². The Morgan fingerprint density at radius 2 is 2.33 bits per heavy atom. The number of nitrogens with one attached hydrogen (secondary N) is 2. The fourth-order valence-electron chi connectivity index (χ4n) is 1.16. The van der Waals surface area contributed by atoms with E-state index in [-0.39, 0.29) is 6.04 Å². The third kappa shape index (κ3) is 2.19. The molecule has 2 rings (SSSR count). The molecule has 4 N–H and O–H groups in total. The van der Waals surface area contributed by atoms with Gasteiger partial charge >= 0.3 is 0 Å². The van der Waals surface area contributed by atoms with Crippen molar-refractivity contribution in [3.8, 4) is 0 Å². The number of nitrogens with zero attached hydrogens (tertiary/aromatic N) is 4. The van der Waals surface area contributed by atoms with Gasteiger partial charge in [0.2, 0.25) is 0 Å². The molecule has 7 heteroatoms. The van der Waals surface area contributed by atoms with Crippen molar-refractivity contribution in [2.75, 3.05) is 11.1 Å². The van der Waals surface area contributed by atoms with Crippen LogP contribution in [0.3, 0.4) is 0 Å². The van der Waals surface area contributed by atoms with E-state index < -0.39 is 0 Å². The minimum atomic E-state index is -0.0332. The Morgan fingerprint density at radius 3 is 2.93 bits per heavy atom. The highest BCUT2D eigenvalue weighted by Gasteiger charge is 2.09. The molecule has 2 aromatic rings. The Hall–Kier alpha value is -2.18. The first-order chi connectivity index (χ1) is 7.25. The first kappa shape index (κ1) is 9.38. The molecule has 2 heterocycles. The molecular weight excluding hydrogens is 194 g/mol. The zero-order valence-electron chi connectivity index (χ0n) is 8.18. The van der Waals surface area contributed by atoms with Crippen LogP contribution < -0.4 is 11.1 Å². The van der Waals surface area contributed by atoms with Crippen molar-refractivity contribution in [3.05, 3.63) is 24.2 Å². The Bertz CT molecular complexity index is 407. The van der Waals surface area contributed by atoms with Crippen LogP contribution in [0.2, 0.25) is 0 Å². The maximum atomic E-state index is 5.47. The lowest BCUT2D eigenvalue weighted by Crippen LogP contribution is -2.08. The third-order valence-corrected chi connectivity index (χ3v) is 1.92. The number of hydrogen-bond donors (Lipinski definition) is 3. The molecule has 0 radical (unpaired) electrons. The fraction of sp³-hybridized carbons (Fsp3) is 0.250. The zero-order valence-corrected chi connectivity index (χ0v) is 8.18. The number of tetrazole rings is 1. The van der Waals surface area contributed by atoms with Crippen LogP contribution in [-0.4, -0.2) is 25.6 Å². The van der Waals surface area contributed by atoms with Crippen LogP contribution in [0.4, 0.5) is 11.5 Å². The van der Waals surface area contributed by atoms with Crippen molar-refractivity contribution in [2.45, 2.75) is 13.0 Å². The number of aromatic nitrogens is 5. The molecule has 1 atom stereocenters. The number of nitrogen functional groups attached to an aromatic ring is 1. The van der Waals surface area contributed by atoms with Crippen molar-refractivity contribution < 1.29 is 0 Å². The van der Waals surface area contributed by atoms with Gasteiger partial charge in [-0.25, -0.2) is 4.98 Å². The maximum Gasteiger partial charge on any atom is 0.196 e. The van der Waals surface area contributed by atoms with Crippen LogP contribution >= 0.6 is 0 Å². The van der Waals surface area contributed by atoms with E-state index in [4.69, 9.17) is 5.73 Å². The van der Waals surface area contributed by atoms with Gasteiger partial charge in [0.15, 0.2) is 5.82 Å². The third-order valence-electron chi connectivity index (χ3n) is 1.92. The first-order valence-corrected chi connectivity index (χ1v) is 4.47. The summed E-state index contributed by atoms with van der Waals surface area (Å²) in [5.41, 5.74) is 6.34. The van der Waals surface area contributed by atoms with Crippen molar-refractivity contribution in [1.82, 2.24) is 25.6 Å². The number of rotatable bonds is 3. The number of nitrogens with two attached hydrogens (primary N) is 1. The summed E-state index contributed by atoms with van der Waals surface area (Å²) >= 11 is 0. The molecule has 2 aromatic heterocycles. The lowest BCUT2D eigenvalue weighted by molar-refractivity contribution is 0.793. The largest absolute Gasteiger partial charge is 0.384 e. The van der Waals surface area contributed by atoms with Crippen LogP contribution in [0.1, 0.15) is 18.8 Å². The van der Waals surface area contributed by atoms with E-state index in [1.54, 1.807) is 12.3 Å². The molecule has 0 spiro atoms. The Balaban J connectivity index is 2.06. The van der Waals surface area contributed by atoms with Gasteiger partial charge in [0.05, 0.1) is 17.9 Å². The van der Waals surface area contributed by atoms with Crippen molar-refractivity contribution in [1.29, 1.82) is 0 Å². The van der Waals surface area contributed by atoms with E-state index in [0.717, 1.165) is 5.69 Å². The number of pyridine rings is 1. The molecule has 15 heavy (non-hydrogen) atoms. The van der Waals surface area contributed by atoms with E-state index in [1.807, 2.05) is 13.0 Å².